The Kier molecular flexibility index (Phi) is 5.31. The lowest BCUT2D eigenvalue weighted by Gasteiger charge is -2.34. The Bertz CT molecular complexity index is 969. The summed E-state index contributed by atoms with van der Waals surface area (Å²) in [5.74, 6) is 0.665. The number of non-ortho nitro benzene ring substituents is 1. The van der Waals surface area contributed by atoms with E-state index in [9.17, 15) is 10.1 Å². The molecule has 1 atom stereocenters. The van der Waals surface area contributed by atoms with Crippen LogP contribution in [-0.2, 0) is 0 Å². The maximum Gasteiger partial charge on any atom is 0.269 e. The van der Waals surface area contributed by atoms with Crippen LogP contribution < -0.4 is 0 Å². The molecule has 8 nitrogen and oxygen atoms in total. The zero-order valence-electron chi connectivity index (χ0n) is 15.1. The third-order valence-electron chi connectivity index (χ3n) is 4.97. The molecule has 144 valence electrons. The number of piperidine rings is 1. The Hall–Kier alpha value is -2.84. The maximum absolute atomic E-state index is 11.0. The summed E-state index contributed by atoms with van der Waals surface area (Å²) in [6.45, 7) is 1.84. The second-order valence-electron chi connectivity index (χ2n) is 6.78. The van der Waals surface area contributed by atoms with Gasteiger partial charge in [0.15, 0.2) is 5.82 Å². The van der Waals surface area contributed by atoms with Crippen molar-refractivity contribution < 1.29 is 4.92 Å². The Morgan fingerprint density at radius 3 is 2.50 bits per heavy atom. The monoisotopic (exact) mass is 398 g/mol. The molecule has 1 aliphatic heterocycles. The smallest absolute Gasteiger partial charge is 0.269 e. The summed E-state index contributed by atoms with van der Waals surface area (Å²) >= 11 is 6.15. The number of rotatable bonds is 5. The second-order valence-corrected chi connectivity index (χ2v) is 7.21. The van der Waals surface area contributed by atoms with Gasteiger partial charge in [0, 0.05) is 17.2 Å². The summed E-state index contributed by atoms with van der Waals surface area (Å²) in [4.78, 5) is 13.0. The van der Waals surface area contributed by atoms with Crippen molar-refractivity contribution in [2.45, 2.75) is 25.3 Å². The molecule has 1 unspecified atom stereocenters. The lowest BCUT2D eigenvalue weighted by Crippen LogP contribution is -2.35. The van der Waals surface area contributed by atoms with Crippen LogP contribution >= 0.6 is 11.6 Å². The first-order valence-corrected chi connectivity index (χ1v) is 9.54. The number of hydrogen-bond donors (Lipinski definition) is 0. The molecule has 0 spiro atoms. The normalized spacial score (nSPS) is 16.0. The van der Waals surface area contributed by atoms with Gasteiger partial charge in [-0.05, 0) is 60.1 Å². The van der Waals surface area contributed by atoms with Gasteiger partial charge in [-0.25, -0.2) is 0 Å². The average molecular weight is 399 g/mol. The highest BCUT2D eigenvalue weighted by molar-refractivity contribution is 6.30. The molecular weight excluding hydrogens is 380 g/mol. The molecule has 2 aromatic carbocycles. The van der Waals surface area contributed by atoms with Gasteiger partial charge in [0.05, 0.1) is 16.7 Å². The molecule has 0 N–H and O–H groups in total. The molecule has 1 aromatic heterocycles. The zero-order valence-corrected chi connectivity index (χ0v) is 15.9. The number of halogens is 1. The number of aromatic nitrogens is 4. The van der Waals surface area contributed by atoms with Gasteiger partial charge in [-0.2, -0.15) is 4.68 Å². The fourth-order valence-electron chi connectivity index (χ4n) is 3.63. The van der Waals surface area contributed by atoms with Crippen LogP contribution in [0.1, 0.15) is 36.7 Å². The second kappa shape index (κ2) is 8.04. The van der Waals surface area contributed by atoms with Crippen LogP contribution in [0.2, 0.25) is 5.02 Å². The third-order valence-corrected chi connectivity index (χ3v) is 5.20. The van der Waals surface area contributed by atoms with Crippen LogP contribution in [0.5, 0.6) is 0 Å². The predicted octanol–water partition coefficient (Wildman–Crippen LogP) is 3.80. The van der Waals surface area contributed by atoms with E-state index in [0.29, 0.717) is 10.8 Å². The largest absolute Gasteiger partial charge is 0.290 e. The first-order valence-electron chi connectivity index (χ1n) is 9.16. The Labute approximate surface area is 166 Å². The highest BCUT2D eigenvalue weighted by atomic mass is 35.5. The fourth-order valence-corrected chi connectivity index (χ4v) is 3.82. The van der Waals surface area contributed by atoms with Gasteiger partial charge >= 0.3 is 0 Å². The van der Waals surface area contributed by atoms with E-state index >= 15 is 0 Å². The number of nitro benzene ring substituents is 1. The van der Waals surface area contributed by atoms with E-state index in [1.807, 2.05) is 18.2 Å². The molecule has 28 heavy (non-hydrogen) atoms. The molecule has 1 aliphatic rings. The van der Waals surface area contributed by atoms with E-state index in [2.05, 4.69) is 20.4 Å². The summed E-state index contributed by atoms with van der Waals surface area (Å²) in [6, 6.07) is 13.8. The van der Waals surface area contributed by atoms with E-state index in [0.717, 1.165) is 37.2 Å². The van der Waals surface area contributed by atoms with E-state index in [4.69, 9.17) is 11.6 Å². The van der Waals surface area contributed by atoms with Crippen LogP contribution in [0, 0.1) is 10.1 Å². The van der Waals surface area contributed by atoms with Crippen molar-refractivity contribution in [1.29, 1.82) is 0 Å². The molecule has 2 heterocycles. The summed E-state index contributed by atoms with van der Waals surface area (Å²) < 4.78 is 1.69. The van der Waals surface area contributed by atoms with Gasteiger partial charge < -0.3 is 0 Å². The number of benzene rings is 2. The molecule has 0 bridgehead atoms. The van der Waals surface area contributed by atoms with Crippen molar-refractivity contribution in [3.63, 3.8) is 0 Å². The topological polar surface area (TPSA) is 90.0 Å². The molecule has 1 fully saturated rings. The average Bonchev–Trinajstić information content (AvgIpc) is 3.19. The van der Waals surface area contributed by atoms with Crippen LogP contribution in [-0.4, -0.2) is 43.1 Å². The van der Waals surface area contributed by atoms with Crippen LogP contribution in [0.4, 0.5) is 5.69 Å². The first kappa shape index (κ1) is 18.5. The minimum Gasteiger partial charge on any atom is -0.290 e. The lowest BCUT2D eigenvalue weighted by molar-refractivity contribution is -0.384. The van der Waals surface area contributed by atoms with Gasteiger partial charge in [0.1, 0.15) is 0 Å². The number of tetrazole rings is 1. The summed E-state index contributed by atoms with van der Waals surface area (Å²) in [5.41, 5.74) is 1.76. The quantitative estimate of drug-likeness (QED) is 0.479. The van der Waals surface area contributed by atoms with Crippen molar-refractivity contribution in [2.24, 2.45) is 0 Å². The minimum absolute atomic E-state index is 0.0653. The van der Waals surface area contributed by atoms with E-state index in [1.165, 1.54) is 18.6 Å². The molecule has 4 rings (SSSR count). The van der Waals surface area contributed by atoms with Crippen molar-refractivity contribution in [3.8, 4) is 5.69 Å². The van der Waals surface area contributed by atoms with Crippen LogP contribution in [0.25, 0.3) is 5.69 Å². The number of hydrogen-bond acceptors (Lipinski definition) is 6. The van der Waals surface area contributed by atoms with Gasteiger partial charge in [0.2, 0.25) is 0 Å². The lowest BCUT2D eigenvalue weighted by atomic mass is 10.0. The van der Waals surface area contributed by atoms with Crippen molar-refractivity contribution in [1.82, 2.24) is 25.1 Å². The first-order chi connectivity index (χ1) is 13.6. The van der Waals surface area contributed by atoms with E-state index < -0.39 is 4.92 Å². The minimum atomic E-state index is -0.393. The molecule has 3 aromatic rings. The molecule has 0 aliphatic carbocycles. The van der Waals surface area contributed by atoms with Gasteiger partial charge in [-0.15, -0.1) is 5.10 Å². The number of nitrogens with zero attached hydrogens (tertiary/aromatic N) is 6. The molecule has 0 saturated carbocycles. The zero-order chi connectivity index (χ0) is 19.5. The SMILES string of the molecule is O=[N+]([O-])c1ccc(C(c2nnnn2-c2cccc(Cl)c2)N2CCCCC2)cc1. The van der Waals surface area contributed by atoms with E-state index in [1.54, 1.807) is 22.9 Å². The van der Waals surface area contributed by atoms with Crippen molar-refractivity contribution >= 4 is 17.3 Å². The number of likely N-dealkylation sites (tertiary alicyclic amines) is 1. The third kappa shape index (κ3) is 3.74. The maximum atomic E-state index is 11.0. The Morgan fingerprint density at radius 1 is 1.07 bits per heavy atom. The van der Waals surface area contributed by atoms with Gasteiger partial charge in [-0.3, -0.25) is 15.0 Å². The van der Waals surface area contributed by atoms with E-state index in [-0.39, 0.29) is 11.7 Å². The van der Waals surface area contributed by atoms with Crippen molar-refractivity contribution in [2.75, 3.05) is 13.1 Å². The molecule has 1 saturated heterocycles. The van der Waals surface area contributed by atoms with Gasteiger partial charge in [0.25, 0.3) is 5.69 Å². The summed E-state index contributed by atoms with van der Waals surface area (Å²) in [6.07, 6.45) is 3.40. The predicted molar refractivity (Wildman–Crippen MR) is 105 cm³/mol. The molecule has 9 heteroatoms. The number of nitro groups is 1. The summed E-state index contributed by atoms with van der Waals surface area (Å²) in [5, 5.41) is 24.0. The van der Waals surface area contributed by atoms with Crippen LogP contribution in [0.15, 0.2) is 48.5 Å². The Morgan fingerprint density at radius 2 is 1.82 bits per heavy atom. The molecule has 0 radical (unpaired) electrons. The molecular formula is C19H19ClN6O2. The summed E-state index contributed by atoms with van der Waals surface area (Å²) in [7, 11) is 0. The molecule has 0 amide bonds. The van der Waals surface area contributed by atoms with Gasteiger partial charge in [-0.1, -0.05) is 36.2 Å². The Balaban J connectivity index is 1.78. The van der Waals surface area contributed by atoms with Crippen LogP contribution in [0.3, 0.4) is 0 Å². The van der Waals surface area contributed by atoms with Crippen molar-refractivity contribution in [3.05, 3.63) is 75.1 Å². The highest BCUT2D eigenvalue weighted by Gasteiger charge is 2.29. The highest BCUT2D eigenvalue weighted by Crippen LogP contribution is 2.32. The standard InChI is InChI=1S/C19H19ClN6O2/c20-15-5-4-6-17(13-15)25-19(21-22-23-25)18(24-11-2-1-3-12-24)14-7-9-16(10-8-14)26(27)28/h4-10,13,18H,1-3,11-12H2. The fraction of sp³-hybridized carbons (Fsp3) is 0.316.